The number of aliphatic imine (C=N–C) groups is 1. The van der Waals surface area contributed by atoms with Gasteiger partial charge in [0.1, 0.15) is 0 Å². The highest BCUT2D eigenvalue weighted by molar-refractivity contribution is 8.15. The van der Waals surface area contributed by atoms with Crippen LogP contribution in [0.5, 0.6) is 0 Å². The van der Waals surface area contributed by atoms with Crippen molar-refractivity contribution < 1.29 is 31.1 Å². The minimum Gasteiger partial charge on any atom is -0.307 e. The van der Waals surface area contributed by atoms with Crippen LogP contribution in [0.3, 0.4) is 0 Å². The van der Waals surface area contributed by atoms with E-state index in [0.717, 1.165) is 41.3 Å². The highest BCUT2D eigenvalue weighted by Crippen LogP contribution is 2.35. The quantitative estimate of drug-likeness (QED) is 0.553. The molecule has 0 aromatic heterocycles. The van der Waals surface area contributed by atoms with E-state index in [9.17, 15) is 31.1 Å². The first-order chi connectivity index (χ1) is 13.9. The molecule has 11 heteroatoms. The van der Waals surface area contributed by atoms with Crippen molar-refractivity contribution in [1.82, 2.24) is 0 Å². The van der Waals surface area contributed by atoms with Crippen LogP contribution < -0.4 is 10.2 Å². The van der Waals surface area contributed by atoms with Crippen molar-refractivity contribution in [2.75, 3.05) is 16.8 Å². The van der Waals surface area contributed by atoms with Gasteiger partial charge < -0.3 is 5.32 Å². The molecule has 2 aromatic carbocycles. The second kappa shape index (κ2) is 8.21. The number of halogens is 6. The number of rotatable bonds is 2. The number of nitrogens with zero attached hydrogens (tertiary/aromatic N) is 2. The molecule has 0 aliphatic carbocycles. The van der Waals surface area contributed by atoms with Gasteiger partial charge in [-0.2, -0.15) is 26.3 Å². The summed E-state index contributed by atoms with van der Waals surface area (Å²) in [5, 5.41) is 2.47. The number of alkyl halides is 6. The molecule has 0 fully saturated rings. The lowest BCUT2D eigenvalue weighted by Gasteiger charge is -2.24. The number of amides is 2. The van der Waals surface area contributed by atoms with E-state index in [1.54, 1.807) is 0 Å². The lowest BCUT2D eigenvalue weighted by molar-refractivity contribution is -0.138. The van der Waals surface area contributed by atoms with Gasteiger partial charge in [0.05, 0.1) is 23.4 Å². The SMILES string of the molecule is CC1CN=C(N(C(=O)Nc2cccc(C(F)(F)F)c2)c2cccc(C(F)(F)F)c2)S1. The van der Waals surface area contributed by atoms with Crippen LogP contribution in [-0.2, 0) is 12.4 Å². The predicted molar refractivity (Wildman–Crippen MR) is 104 cm³/mol. The number of thioether (sulfide) groups is 1. The summed E-state index contributed by atoms with van der Waals surface area (Å²) in [7, 11) is 0. The van der Waals surface area contributed by atoms with Crippen LogP contribution in [0.1, 0.15) is 18.1 Å². The average molecular weight is 447 g/mol. The molecular weight excluding hydrogens is 432 g/mol. The summed E-state index contributed by atoms with van der Waals surface area (Å²) in [4.78, 5) is 18.0. The first-order valence-electron chi connectivity index (χ1n) is 8.62. The van der Waals surface area contributed by atoms with Gasteiger partial charge in [-0.05, 0) is 36.4 Å². The second-order valence-electron chi connectivity index (χ2n) is 6.44. The Balaban J connectivity index is 1.95. The minimum atomic E-state index is -4.63. The summed E-state index contributed by atoms with van der Waals surface area (Å²) in [5.41, 5.74) is -2.18. The molecule has 2 aromatic rings. The van der Waals surface area contributed by atoms with Gasteiger partial charge in [-0.1, -0.05) is 30.8 Å². The normalized spacial score (nSPS) is 16.9. The van der Waals surface area contributed by atoms with Gasteiger partial charge in [-0.3, -0.25) is 4.99 Å². The zero-order valence-corrected chi connectivity index (χ0v) is 16.2. The molecule has 1 aliphatic heterocycles. The topological polar surface area (TPSA) is 44.7 Å². The van der Waals surface area contributed by atoms with Crippen LogP contribution in [0.4, 0.5) is 42.5 Å². The number of anilines is 2. The predicted octanol–water partition coefficient (Wildman–Crippen LogP) is 6.25. The van der Waals surface area contributed by atoms with Crippen molar-refractivity contribution in [1.29, 1.82) is 0 Å². The van der Waals surface area contributed by atoms with E-state index in [2.05, 4.69) is 10.3 Å². The van der Waals surface area contributed by atoms with Crippen LogP contribution in [0.15, 0.2) is 53.5 Å². The Kier molecular flexibility index (Phi) is 6.02. The Hall–Kier alpha value is -2.69. The number of carbonyl (C=O) groups excluding carboxylic acids is 1. The van der Waals surface area contributed by atoms with E-state index >= 15 is 0 Å². The highest BCUT2D eigenvalue weighted by Gasteiger charge is 2.34. The Morgan fingerprint density at radius 3 is 2.20 bits per heavy atom. The van der Waals surface area contributed by atoms with Crippen molar-refractivity contribution in [2.45, 2.75) is 24.5 Å². The first kappa shape index (κ1) is 22.0. The van der Waals surface area contributed by atoms with Gasteiger partial charge >= 0.3 is 18.4 Å². The third kappa shape index (κ3) is 5.07. The summed E-state index contributed by atoms with van der Waals surface area (Å²) in [5.74, 6) is 0. The van der Waals surface area contributed by atoms with Crippen molar-refractivity contribution >= 4 is 34.3 Å². The van der Waals surface area contributed by atoms with E-state index < -0.39 is 29.5 Å². The highest BCUT2D eigenvalue weighted by atomic mass is 32.2. The summed E-state index contributed by atoms with van der Waals surface area (Å²) >= 11 is 1.18. The molecule has 2 amide bonds. The third-order valence-electron chi connectivity index (χ3n) is 4.06. The summed E-state index contributed by atoms with van der Waals surface area (Å²) in [6, 6.07) is 7.14. The van der Waals surface area contributed by atoms with Crippen LogP contribution in [0.25, 0.3) is 0 Å². The summed E-state index contributed by atoms with van der Waals surface area (Å²) in [6.45, 7) is 2.18. The van der Waals surface area contributed by atoms with Gasteiger partial charge in [-0.15, -0.1) is 0 Å². The van der Waals surface area contributed by atoms with Crippen LogP contribution >= 0.6 is 11.8 Å². The standard InChI is InChI=1S/C19H15F6N3OS/c1-11-10-26-17(30-11)28(15-7-3-5-13(9-15)19(23,24)25)16(29)27-14-6-2-4-12(8-14)18(20,21)22/h2-9,11H,10H2,1H3,(H,27,29). The zero-order valence-electron chi connectivity index (χ0n) is 15.4. The minimum absolute atomic E-state index is 0.00495. The van der Waals surface area contributed by atoms with E-state index in [0.29, 0.717) is 6.54 Å². The molecule has 0 bridgehead atoms. The molecular formula is C19H15F6N3OS. The molecule has 0 radical (unpaired) electrons. The number of amidine groups is 1. The van der Waals surface area contributed by atoms with Crippen molar-refractivity contribution in [3.05, 3.63) is 59.7 Å². The molecule has 1 N–H and O–H groups in total. The molecule has 1 unspecified atom stereocenters. The van der Waals surface area contributed by atoms with Gasteiger partial charge in [0.25, 0.3) is 0 Å². The average Bonchev–Trinajstić information content (AvgIpc) is 3.07. The van der Waals surface area contributed by atoms with E-state index in [1.807, 2.05) is 6.92 Å². The van der Waals surface area contributed by atoms with Crippen molar-refractivity contribution in [3.63, 3.8) is 0 Å². The van der Waals surface area contributed by atoms with E-state index in [4.69, 9.17) is 0 Å². The number of benzene rings is 2. The first-order valence-corrected chi connectivity index (χ1v) is 9.50. The number of nitrogens with one attached hydrogen (secondary N) is 1. The molecule has 1 atom stereocenters. The van der Waals surface area contributed by atoms with Crippen molar-refractivity contribution in [2.24, 2.45) is 4.99 Å². The molecule has 160 valence electrons. The fourth-order valence-electron chi connectivity index (χ4n) is 2.67. The molecule has 4 nitrogen and oxygen atoms in total. The molecule has 0 saturated heterocycles. The Labute approximate surface area is 172 Å². The van der Waals surface area contributed by atoms with E-state index in [-0.39, 0.29) is 21.8 Å². The molecule has 30 heavy (non-hydrogen) atoms. The number of urea groups is 1. The maximum Gasteiger partial charge on any atom is 0.416 e. The maximum absolute atomic E-state index is 13.1. The smallest absolute Gasteiger partial charge is 0.307 e. The molecule has 1 heterocycles. The van der Waals surface area contributed by atoms with Crippen LogP contribution in [0.2, 0.25) is 0 Å². The van der Waals surface area contributed by atoms with Crippen LogP contribution in [-0.4, -0.2) is 23.0 Å². The van der Waals surface area contributed by atoms with Crippen molar-refractivity contribution in [3.8, 4) is 0 Å². The lowest BCUT2D eigenvalue weighted by atomic mass is 10.2. The third-order valence-corrected chi connectivity index (χ3v) is 5.13. The molecule has 1 aliphatic rings. The fourth-order valence-corrected chi connectivity index (χ4v) is 3.62. The number of carbonyl (C=O) groups is 1. The summed E-state index contributed by atoms with van der Waals surface area (Å²) in [6.07, 6.45) is -9.24. The Morgan fingerprint density at radius 1 is 1.03 bits per heavy atom. The van der Waals surface area contributed by atoms with Crippen LogP contribution in [0, 0.1) is 0 Å². The Morgan fingerprint density at radius 2 is 1.63 bits per heavy atom. The monoisotopic (exact) mass is 447 g/mol. The number of hydrogen-bond acceptors (Lipinski definition) is 3. The maximum atomic E-state index is 13.1. The lowest BCUT2D eigenvalue weighted by Crippen LogP contribution is -2.38. The van der Waals surface area contributed by atoms with Gasteiger partial charge in [-0.25, -0.2) is 9.69 Å². The van der Waals surface area contributed by atoms with E-state index in [1.165, 1.54) is 23.9 Å². The van der Waals surface area contributed by atoms with Gasteiger partial charge in [0, 0.05) is 10.9 Å². The fraction of sp³-hybridized carbons (Fsp3) is 0.263. The second-order valence-corrected chi connectivity index (χ2v) is 7.85. The summed E-state index contributed by atoms with van der Waals surface area (Å²) < 4.78 is 78.1. The molecule has 0 spiro atoms. The molecule has 3 rings (SSSR count). The molecule has 0 saturated carbocycles. The van der Waals surface area contributed by atoms with Gasteiger partial charge in [0.2, 0.25) is 0 Å². The largest absolute Gasteiger partial charge is 0.416 e. The Bertz CT molecular complexity index is 973. The number of hydrogen-bond donors (Lipinski definition) is 1. The zero-order chi connectivity index (χ0) is 22.1. The van der Waals surface area contributed by atoms with Gasteiger partial charge in [0.15, 0.2) is 5.17 Å².